The molecule has 3 heterocycles. The summed E-state index contributed by atoms with van der Waals surface area (Å²) in [6.07, 6.45) is 5.84. The minimum Gasteiger partial charge on any atom is -0.390 e. The van der Waals surface area contributed by atoms with Gasteiger partial charge in [-0.3, -0.25) is 0 Å². The molecule has 78 valence electrons. The fourth-order valence-corrected chi connectivity index (χ4v) is 4.02. The van der Waals surface area contributed by atoms with Gasteiger partial charge < -0.3 is 14.6 Å². The number of hydrogen-bond donors (Lipinski definition) is 1. The van der Waals surface area contributed by atoms with E-state index < -0.39 is 5.60 Å². The van der Waals surface area contributed by atoms with E-state index in [0.717, 1.165) is 25.7 Å². The predicted octanol–water partition coefficient (Wildman–Crippen LogP) is 1.05. The van der Waals surface area contributed by atoms with E-state index in [4.69, 9.17) is 9.47 Å². The third-order valence-corrected chi connectivity index (χ3v) is 4.42. The third-order valence-electron chi connectivity index (χ3n) is 4.42. The van der Waals surface area contributed by atoms with Crippen molar-refractivity contribution in [1.82, 2.24) is 0 Å². The van der Waals surface area contributed by atoms with Crippen LogP contribution in [0.25, 0.3) is 0 Å². The van der Waals surface area contributed by atoms with E-state index in [-0.39, 0.29) is 12.4 Å². The summed E-state index contributed by atoms with van der Waals surface area (Å²) in [6, 6.07) is 0. The average molecular weight is 196 g/mol. The van der Waals surface area contributed by atoms with Gasteiger partial charge in [-0.25, -0.2) is 0 Å². The van der Waals surface area contributed by atoms with E-state index >= 15 is 0 Å². The Balaban J connectivity index is 1.73. The van der Waals surface area contributed by atoms with Gasteiger partial charge in [0.2, 0.25) is 0 Å². The van der Waals surface area contributed by atoms with Crippen molar-refractivity contribution >= 4 is 0 Å². The Labute approximate surface area is 83.4 Å². The molecule has 0 radical (unpaired) electrons. The van der Waals surface area contributed by atoms with E-state index in [1.54, 1.807) is 0 Å². The molecule has 3 nitrogen and oxygen atoms in total. The first-order chi connectivity index (χ1) is 6.72. The monoisotopic (exact) mass is 196 g/mol. The summed E-state index contributed by atoms with van der Waals surface area (Å²) >= 11 is 0. The van der Waals surface area contributed by atoms with Crippen LogP contribution in [0.1, 0.15) is 32.1 Å². The molecule has 6 unspecified atom stereocenters. The molecule has 0 amide bonds. The largest absolute Gasteiger partial charge is 0.390 e. The highest BCUT2D eigenvalue weighted by atomic mass is 16.8. The van der Waals surface area contributed by atoms with Crippen molar-refractivity contribution in [2.45, 2.75) is 56.2 Å². The van der Waals surface area contributed by atoms with Crippen LogP contribution in [0.5, 0.6) is 0 Å². The second-order valence-corrected chi connectivity index (χ2v) is 5.66. The van der Waals surface area contributed by atoms with E-state index in [0.29, 0.717) is 17.9 Å². The highest BCUT2D eigenvalue weighted by molar-refractivity contribution is 5.04. The molecule has 6 atom stereocenters. The van der Waals surface area contributed by atoms with Crippen LogP contribution in [0.15, 0.2) is 0 Å². The van der Waals surface area contributed by atoms with Crippen molar-refractivity contribution in [1.29, 1.82) is 0 Å². The molecule has 2 aliphatic carbocycles. The molecule has 0 aromatic carbocycles. The fraction of sp³-hybridized carbons (Fsp3) is 1.00. The van der Waals surface area contributed by atoms with E-state index in [9.17, 15) is 5.11 Å². The first-order valence-corrected chi connectivity index (χ1v) is 5.75. The Bertz CT molecular complexity index is 278. The van der Waals surface area contributed by atoms with Crippen LogP contribution in [0.4, 0.5) is 0 Å². The minimum absolute atomic E-state index is 0.0774. The Morgan fingerprint density at radius 2 is 2.00 bits per heavy atom. The van der Waals surface area contributed by atoms with Gasteiger partial charge in [0.25, 0.3) is 0 Å². The second-order valence-electron chi connectivity index (χ2n) is 5.66. The smallest absolute Gasteiger partial charge is 0.184 e. The molecule has 3 heteroatoms. The van der Waals surface area contributed by atoms with Crippen molar-refractivity contribution < 1.29 is 14.6 Å². The molecule has 3 saturated heterocycles. The van der Waals surface area contributed by atoms with Gasteiger partial charge in [0.15, 0.2) is 6.29 Å². The normalized spacial score (nSPS) is 64.5. The van der Waals surface area contributed by atoms with Crippen molar-refractivity contribution in [3.63, 3.8) is 0 Å². The summed E-state index contributed by atoms with van der Waals surface area (Å²) in [4.78, 5) is 0. The molecule has 1 N–H and O–H groups in total. The van der Waals surface area contributed by atoms with Gasteiger partial charge in [-0.2, -0.15) is 0 Å². The number of hydrogen-bond acceptors (Lipinski definition) is 3. The summed E-state index contributed by atoms with van der Waals surface area (Å²) in [7, 11) is 0. The van der Waals surface area contributed by atoms with E-state index in [2.05, 4.69) is 0 Å². The van der Waals surface area contributed by atoms with Crippen LogP contribution in [-0.4, -0.2) is 29.2 Å². The molecule has 5 fully saturated rings. The SMILES string of the molecule is OC12CC3CC(C1)OC1OC1C(C3)C2. The third kappa shape index (κ3) is 1.03. The van der Waals surface area contributed by atoms with Crippen LogP contribution in [0, 0.1) is 11.8 Å². The lowest BCUT2D eigenvalue weighted by Crippen LogP contribution is -2.50. The van der Waals surface area contributed by atoms with Gasteiger partial charge >= 0.3 is 0 Å². The summed E-state index contributed by atoms with van der Waals surface area (Å²) in [6.45, 7) is 0. The molecule has 5 rings (SSSR count). The Morgan fingerprint density at radius 1 is 1.07 bits per heavy atom. The first kappa shape index (κ1) is 8.08. The lowest BCUT2D eigenvalue weighted by atomic mass is 9.63. The topological polar surface area (TPSA) is 42.0 Å². The number of ether oxygens (including phenoxy) is 2. The molecular weight excluding hydrogens is 180 g/mol. The lowest BCUT2D eigenvalue weighted by molar-refractivity contribution is -0.145. The Kier molecular flexibility index (Phi) is 1.35. The molecule has 4 bridgehead atoms. The summed E-state index contributed by atoms with van der Waals surface area (Å²) in [5, 5.41) is 10.4. The molecule has 0 aromatic rings. The van der Waals surface area contributed by atoms with Crippen LogP contribution < -0.4 is 0 Å². The Morgan fingerprint density at radius 3 is 2.86 bits per heavy atom. The zero-order valence-electron chi connectivity index (χ0n) is 8.19. The maximum Gasteiger partial charge on any atom is 0.184 e. The van der Waals surface area contributed by atoms with Gasteiger partial charge in [-0.1, -0.05) is 0 Å². The molecule has 5 aliphatic rings. The quantitative estimate of drug-likeness (QED) is 0.589. The Hall–Kier alpha value is -0.120. The number of aliphatic hydroxyl groups is 1. The van der Waals surface area contributed by atoms with Gasteiger partial charge in [0.05, 0.1) is 11.7 Å². The molecule has 2 saturated carbocycles. The highest BCUT2D eigenvalue weighted by Gasteiger charge is 2.57. The van der Waals surface area contributed by atoms with E-state index in [1.807, 2.05) is 0 Å². The lowest BCUT2D eigenvalue weighted by Gasteiger charge is -2.48. The van der Waals surface area contributed by atoms with Crippen LogP contribution in [-0.2, 0) is 9.47 Å². The summed E-state index contributed by atoms with van der Waals surface area (Å²) in [5.41, 5.74) is -0.423. The van der Waals surface area contributed by atoms with E-state index in [1.165, 1.54) is 6.42 Å². The van der Waals surface area contributed by atoms with Crippen molar-refractivity contribution in [2.75, 3.05) is 0 Å². The number of epoxide rings is 1. The van der Waals surface area contributed by atoms with Crippen molar-refractivity contribution in [3.8, 4) is 0 Å². The zero-order valence-corrected chi connectivity index (χ0v) is 8.19. The molecular formula is C11H16O3. The maximum absolute atomic E-state index is 10.4. The van der Waals surface area contributed by atoms with Crippen LogP contribution in [0.2, 0.25) is 0 Å². The predicted molar refractivity (Wildman–Crippen MR) is 48.5 cm³/mol. The average Bonchev–Trinajstić information content (AvgIpc) is 2.78. The first-order valence-electron chi connectivity index (χ1n) is 5.75. The molecule has 0 spiro atoms. The number of rotatable bonds is 0. The van der Waals surface area contributed by atoms with Gasteiger partial charge in [0.1, 0.15) is 6.10 Å². The maximum atomic E-state index is 10.4. The van der Waals surface area contributed by atoms with Crippen LogP contribution in [0.3, 0.4) is 0 Å². The summed E-state index contributed by atoms with van der Waals surface area (Å²) < 4.78 is 11.4. The minimum atomic E-state index is -0.423. The molecule has 3 aliphatic heterocycles. The summed E-state index contributed by atoms with van der Waals surface area (Å²) in [5.74, 6) is 1.24. The highest BCUT2D eigenvalue weighted by Crippen LogP contribution is 2.53. The molecule has 14 heavy (non-hydrogen) atoms. The zero-order chi connectivity index (χ0) is 9.34. The molecule has 0 aromatic heterocycles. The second kappa shape index (κ2) is 2.34. The van der Waals surface area contributed by atoms with Gasteiger partial charge in [-0.15, -0.1) is 0 Å². The standard InChI is InChI=1S/C11H16O3/c12-11-3-6-1-7(4-11)9-10(14-9)13-8(2-6)5-11/h6-10,12H,1-5H2. The van der Waals surface area contributed by atoms with Gasteiger partial charge in [0, 0.05) is 6.42 Å². The van der Waals surface area contributed by atoms with Crippen molar-refractivity contribution in [2.24, 2.45) is 11.8 Å². The van der Waals surface area contributed by atoms with Crippen LogP contribution >= 0.6 is 0 Å². The van der Waals surface area contributed by atoms with Gasteiger partial charge in [-0.05, 0) is 37.5 Å². The fourth-order valence-electron chi connectivity index (χ4n) is 4.02. The van der Waals surface area contributed by atoms with Crippen molar-refractivity contribution in [3.05, 3.63) is 0 Å².